The summed E-state index contributed by atoms with van der Waals surface area (Å²) >= 11 is 11.9. The Kier molecular flexibility index (Phi) is 4.80. The molecule has 0 amide bonds. The number of hydrogen-bond acceptors (Lipinski definition) is 3. The Bertz CT molecular complexity index is 1050. The molecule has 0 radical (unpaired) electrons. The average Bonchev–Trinajstić information content (AvgIpc) is 2.80. The summed E-state index contributed by atoms with van der Waals surface area (Å²) in [6.07, 6.45) is -0.102. The van der Waals surface area contributed by atoms with E-state index in [0.717, 1.165) is 4.57 Å². The first-order valence-electron chi connectivity index (χ1n) is 7.57. The lowest BCUT2D eigenvalue weighted by molar-refractivity contribution is -0.136. The summed E-state index contributed by atoms with van der Waals surface area (Å²) in [6, 6.07) is 11.2. The molecule has 0 unspecified atom stereocenters. The van der Waals surface area contributed by atoms with Gasteiger partial charge in [0.05, 0.1) is 22.2 Å². The molecule has 2 N–H and O–H groups in total. The summed E-state index contributed by atoms with van der Waals surface area (Å²) in [4.78, 5) is 23.4. The number of aromatic nitrogens is 2. The molecule has 0 fully saturated rings. The van der Waals surface area contributed by atoms with Gasteiger partial charge in [-0.25, -0.2) is 9.36 Å². The van der Waals surface area contributed by atoms with Crippen molar-refractivity contribution in [3.05, 3.63) is 68.6 Å². The van der Waals surface area contributed by atoms with Crippen molar-refractivity contribution in [1.82, 2.24) is 9.13 Å². The molecule has 3 aromatic rings. The van der Waals surface area contributed by atoms with Gasteiger partial charge in [0.25, 0.3) is 0 Å². The third kappa shape index (κ3) is 3.21. The maximum Gasteiger partial charge on any atom is 0.335 e. The van der Waals surface area contributed by atoms with Gasteiger partial charge < -0.3 is 10.2 Å². The molecular formula is C18H14Cl2N2O4. The fraction of sp³-hybridized carbons (Fsp3) is 0.111. The second-order valence-corrected chi connectivity index (χ2v) is 6.53. The van der Waals surface area contributed by atoms with Gasteiger partial charge in [0.1, 0.15) is 5.69 Å². The molecule has 134 valence electrons. The number of aromatic hydroxyl groups is 1. The van der Waals surface area contributed by atoms with Crippen LogP contribution >= 0.6 is 23.2 Å². The quantitative estimate of drug-likeness (QED) is 0.711. The summed E-state index contributed by atoms with van der Waals surface area (Å²) in [5.74, 6) is -1.18. The molecule has 0 saturated carbocycles. The summed E-state index contributed by atoms with van der Waals surface area (Å²) in [5, 5.41) is 20.1. The number of nitrogens with zero attached hydrogens (tertiary/aromatic N) is 2. The number of rotatable bonds is 4. The number of hydrogen-bond donors (Lipinski definition) is 2. The lowest BCUT2D eigenvalue weighted by atomic mass is 10.1. The van der Waals surface area contributed by atoms with Crippen molar-refractivity contribution in [2.45, 2.75) is 6.42 Å². The highest BCUT2D eigenvalue weighted by Gasteiger charge is 2.20. The average molecular weight is 393 g/mol. The number of imidazole rings is 1. The maximum absolute atomic E-state index is 12.6. The number of halogens is 2. The third-order valence-electron chi connectivity index (χ3n) is 3.98. The van der Waals surface area contributed by atoms with Gasteiger partial charge in [0.2, 0.25) is 5.88 Å². The fourth-order valence-corrected chi connectivity index (χ4v) is 3.02. The minimum atomic E-state index is -0.932. The van der Waals surface area contributed by atoms with Gasteiger partial charge in [0.15, 0.2) is 0 Å². The van der Waals surface area contributed by atoms with Gasteiger partial charge in [-0.2, -0.15) is 0 Å². The van der Waals surface area contributed by atoms with Crippen LogP contribution in [0.1, 0.15) is 5.56 Å². The van der Waals surface area contributed by atoms with Gasteiger partial charge in [0, 0.05) is 12.6 Å². The molecule has 6 nitrogen and oxygen atoms in total. The van der Waals surface area contributed by atoms with E-state index >= 15 is 0 Å². The Morgan fingerprint density at radius 1 is 1.08 bits per heavy atom. The number of carbonyl (C=O) groups is 1. The van der Waals surface area contributed by atoms with Gasteiger partial charge >= 0.3 is 11.7 Å². The Morgan fingerprint density at radius 3 is 2.31 bits per heavy atom. The first-order chi connectivity index (χ1) is 12.3. The van der Waals surface area contributed by atoms with Crippen LogP contribution in [-0.4, -0.2) is 25.3 Å². The smallest absolute Gasteiger partial charge is 0.335 e. The Hall–Kier alpha value is -2.70. The van der Waals surface area contributed by atoms with E-state index in [2.05, 4.69) is 0 Å². The van der Waals surface area contributed by atoms with Crippen LogP contribution in [0.15, 0.2) is 47.3 Å². The summed E-state index contributed by atoms with van der Waals surface area (Å²) in [6.45, 7) is 0. The van der Waals surface area contributed by atoms with Crippen molar-refractivity contribution < 1.29 is 15.0 Å². The first kappa shape index (κ1) is 18.1. The topological polar surface area (TPSA) is 84.5 Å². The minimum absolute atomic E-state index is 0.102. The molecule has 8 heteroatoms. The third-order valence-corrected chi connectivity index (χ3v) is 4.72. The van der Waals surface area contributed by atoms with E-state index in [1.54, 1.807) is 36.4 Å². The molecule has 3 rings (SSSR count). The zero-order valence-corrected chi connectivity index (χ0v) is 15.1. The summed E-state index contributed by atoms with van der Waals surface area (Å²) in [5.41, 5.74) is 1.43. The van der Waals surface area contributed by atoms with Crippen LogP contribution in [0.5, 0.6) is 5.88 Å². The normalized spacial score (nSPS) is 10.9. The van der Waals surface area contributed by atoms with Crippen molar-refractivity contribution in [3.63, 3.8) is 0 Å². The van der Waals surface area contributed by atoms with E-state index < -0.39 is 11.7 Å². The zero-order chi connectivity index (χ0) is 19.0. The zero-order valence-electron chi connectivity index (χ0n) is 13.6. The van der Waals surface area contributed by atoms with Gasteiger partial charge in [-0.3, -0.25) is 9.36 Å². The molecule has 0 aliphatic heterocycles. The van der Waals surface area contributed by atoms with Gasteiger partial charge in [-0.1, -0.05) is 47.5 Å². The second kappa shape index (κ2) is 6.90. The van der Waals surface area contributed by atoms with Crippen LogP contribution in [-0.2, 0) is 18.3 Å². The van der Waals surface area contributed by atoms with E-state index in [1.165, 1.54) is 17.7 Å². The van der Waals surface area contributed by atoms with Crippen molar-refractivity contribution in [2.75, 3.05) is 0 Å². The van der Waals surface area contributed by atoms with Crippen molar-refractivity contribution in [1.29, 1.82) is 0 Å². The van der Waals surface area contributed by atoms with E-state index in [0.29, 0.717) is 27.5 Å². The number of carboxylic acid groups (broad SMARTS) is 1. The van der Waals surface area contributed by atoms with E-state index in [1.807, 2.05) is 0 Å². The lowest BCUT2D eigenvalue weighted by Gasteiger charge is -2.06. The molecule has 1 heterocycles. The monoisotopic (exact) mass is 392 g/mol. The Morgan fingerprint density at radius 2 is 1.73 bits per heavy atom. The van der Waals surface area contributed by atoms with Crippen molar-refractivity contribution in [3.8, 4) is 22.8 Å². The fourth-order valence-electron chi connectivity index (χ4n) is 2.73. The first-order valence-corrected chi connectivity index (χ1v) is 8.32. The largest absolute Gasteiger partial charge is 0.493 e. The van der Waals surface area contributed by atoms with Crippen LogP contribution in [0.3, 0.4) is 0 Å². The van der Waals surface area contributed by atoms with E-state index in [-0.39, 0.29) is 17.3 Å². The number of carboxylic acids is 1. The highest BCUT2D eigenvalue weighted by Crippen LogP contribution is 2.32. The molecule has 0 aliphatic carbocycles. The van der Waals surface area contributed by atoms with Crippen LogP contribution < -0.4 is 5.69 Å². The molecule has 1 aromatic heterocycles. The summed E-state index contributed by atoms with van der Waals surface area (Å²) in [7, 11) is 1.54. The molecule has 0 bridgehead atoms. The van der Waals surface area contributed by atoms with E-state index in [9.17, 15) is 14.7 Å². The predicted molar refractivity (Wildman–Crippen MR) is 99.5 cm³/mol. The standard InChI is InChI=1S/C18H14Cl2N2O4/c1-21-16(11-4-2-10(3-5-11)8-15(23)24)17(25)22(18(21)26)12-6-7-13(19)14(20)9-12/h2-7,9,25H,8H2,1H3,(H,23,24). The van der Waals surface area contributed by atoms with Crippen LogP contribution in [0.2, 0.25) is 10.0 Å². The lowest BCUT2D eigenvalue weighted by Crippen LogP contribution is -2.21. The maximum atomic E-state index is 12.6. The van der Waals surface area contributed by atoms with Crippen molar-refractivity contribution in [2.24, 2.45) is 7.05 Å². The minimum Gasteiger partial charge on any atom is -0.493 e. The second-order valence-electron chi connectivity index (χ2n) is 5.72. The number of benzene rings is 2. The SMILES string of the molecule is Cn1c(-c2ccc(CC(=O)O)cc2)c(O)n(-c2ccc(Cl)c(Cl)c2)c1=O. The highest BCUT2D eigenvalue weighted by molar-refractivity contribution is 6.42. The predicted octanol–water partition coefficient (Wildman–Crippen LogP) is 3.48. The van der Waals surface area contributed by atoms with Gasteiger partial charge in [-0.05, 0) is 23.8 Å². The summed E-state index contributed by atoms with van der Waals surface area (Å²) < 4.78 is 2.44. The molecule has 0 saturated heterocycles. The molecule has 2 aromatic carbocycles. The van der Waals surface area contributed by atoms with Crippen LogP contribution in [0, 0.1) is 0 Å². The molecule has 26 heavy (non-hydrogen) atoms. The Balaban J connectivity index is 2.11. The molecule has 0 spiro atoms. The van der Waals surface area contributed by atoms with Gasteiger partial charge in [-0.15, -0.1) is 0 Å². The van der Waals surface area contributed by atoms with Crippen LogP contribution in [0.4, 0.5) is 0 Å². The Labute approximate surface area is 158 Å². The highest BCUT2D eigenvalue weighted by atomic mass is 35.5. The van der Waals surface area contributed by atoms with Crippen molar-refractivity contribution >= 4 is 29.2 Å². The van der Waals surface area contributed by atoms with E-state index in [4.69, 9.17) is 28.3 Å². The molecule has 0 aliphatic rings. The van der Waals surface area contributed by atoms with Crippen LogP contribution in [0.25, 0.3) is 16.9 Å². The molecular weight excluding hydrogens is 379 g/mol. The molecule has 0 atom stereocenters. The number of aliphatic carboxylic acids is 1.